The Morgan fingerprint density at radius 2 is 1.89 bits per heavy atom. The predicted molar refractivity (Wildman–Crippen MR) is 102 cm³/mol. The first-order chi connectivity index (χ1) is 13.1. The van der Waals surface area contributed by atoms with Crippen LogP contribution < -0.4 is 5.43 Å². The van der Waals surface area contributed by atoms with E-state index < -0.39 is 4.92 Å². The number of aromatic hydroxyl groups is 1. The van der Waals surface area contributed by atoms with Crippen molar-refractivity contribution in [2.24, 2.45) is 10.1 Å². The number of non-ortho nitro benzene ring substituents is 1. The Labute approximate surface area is 154 Å². The lowest BCUT2D eigenvalue weighted by Crippen LogP contribution is -2.20. The topological polar surface area (TPSA) is 113 Å². The number of rotatable bonds is 5. The molecule has 0 saturated heterocycles. The van der Waals surface area contributed by atoms with Gasteiger partial charge in [-0.2, -0.15) is 5.10 Å². The summed E-state index contributed by atoms with van der Waals surface area (Å²) in [6.45, 7) is 0. The smallest absolute Gasteiger partial charge is 0.270 e. The number of aliphatic imine (C=N–C) groups is 1. The van der Waals surface area contributed by atoms with Crippen molar-refractivity contribution in [1.82, 2.24) is 10.4 Å². The summed E-state index contributed by atoms with van der Waals surface area (Å²) < 4.78 is 0. The first kappa shape index (κ1) is 17.7. The lowest BCUT2D eigenvalue weighted by Gasteiger charge is -2.05. The Kier molecular flexibility index (Phi) is 5.48. The van der Waals surface area contributed by atoms with Gasteiger partial charge >= 0.3 is 0 Å². The summed E-state index contributed by atoms with van der Waals surface area (Å²) in [5, 5.41) is 24.8. The van der Waals surface area contributed by atoms with Crippen LogP contribution in [0.1, 0.15) is 11.3 Å². The highest BCUT2D eigenvalue weighted by atomic mass is 16.6. The summed E-state index contributed by atoms with van der Waals surface area (Å²) in [5.74, 6) is 0.272. The number of hydrogen-bond donors (Lipinski definition) is 2. The molecule has 0 spiro atoms. The second-order valence-corrected chi connectivity index (χ2v) is 5.38. The average Bonchev–Trinajstić information content (AvgIpc) is 2.70. The van der Waals surface area contributed by atoms with Crippen molar-refractivity contribution in [2.45, 2.75) is 0 Å². The highest BCUT2D eigenvalue weighted by Crippen LogP contribution is 2.21. The third-order valence-electron chi connectivity index (χ3n) is 3.50. The van der Waals surface area contributed by atoms with Crippen molar-refractivity contribution >= 4 is 23.4 Å². The number of para-hydroxylation sites is 1. The van der Waals surface area contributed by atoms with Crippen LogP contribution in [-0.2, 0) is 0 Å². The van der Waals surface area contributed by atoms with Crippen LogP contribution in [0.2, 0.25) is 0 Å². The van der Waals surface area contributed by atoms with E-state index in [1.807, 2.05) is 36.4 Å². The highest BCUT2D eigenvalue weighted by molar-refractivity contribution is 5.99. The van der Waals surface area contributed by atoms with Gasteiger partial charge in [-0.1, -0.05) is 24.3 Å². The molecule has 3 aromatic rings. The molecule has 8 nitrogen and oxygen atoms in total. The molecular weight excluding hydrogens is 346 g/mol. The molecule has 2 aromatic carbocycles. The first-order valence-corrected chi connectivity index (χ1v) is 7.95. The molecule has 0 unspecified atom stereocenters. The zero-order chi connectivity index (χ0) is 19.1. The second kappa shape index (κ2) is 8.34. The van der Waals surface area contributed by atoms with E-state index in [9.17, 15) is 15.2 Å². The molecule has 0 bridgehead atoms. The number of pyridine rings is 1. The number of hydrogen-bond acceptors (Lipinski definition) is 6. The third-order valence-corrected chi connectivity index (χ3v) is 3.50. The predicted octanol–water partition coefficient (Wildman–Crippen LogP) is 3.40. The molecule has 3 rings (SSSR count). The molecule has 2 N–H and O–H groups in total. The molecule has 1 aromatic heterocycles. The summed E-state index contributed by atoms with van der Waals surface area (Å²) in [7, 11) is 0. The average molecular weight is 361 g/mol. The summed E-state index contributed by atoms with van der Waals surface area (Å²) in [6, 6.07) is 18.3. The molecule has 1 heterocycles. The van der Waals surface area contributed by atoms with E-state index in [0.717, 1.165) is 0 Å². The van der Waals surface area contributed by atoms with E-state index in [2.05, 4.69) is 20.5 Å². The van der Waals surface area contributed by atoms with Crippen molar-refractivity contribution in [3.63, 3.8) is 0 Å². The molecular formula is C19H15N5O3. The van der Waals surface area contributed by atoms with Gasteiger partial charge in [0.25, 0.3) is 5.69 Å². The molecule has 0 radical (unpaired) electrons. The Hall–Kier alpha value is -4.07. The molecule has 0 amide bonds. The minimum atomic E-state index is -0.541. The minimum absolute atomic E-state index is 0.120. The van der Waals surface area contributed by atoms with Gasteiger partial charge in [0, 0.05) is 23.9 Å². The highest BCUT2D eigenvalue weighted by Gasteiger charge is 2.09. The molecule has 0 aliphatic heterocycles. The monoisotopic (exact) mass is 361 g/mol. The zero-order valence-corrected chi connectivity index (χ0v) is 14.1. The maximum Gasteiger partial charge on any atom is 0.270 e. The van der Waals surface area contributed by atoms with Crippen LogP contribution >= 0.6 is 0 Å². The molecule has 0 atom stereocenters. The number of benzene rings is 2. The van der Waals surface area contributed by atoms with Crippen molar-refractivity contribution in [1.29, 1.82) is 0 Å². The fourth-order valence-corrected chi connectivity index (χ4v) is 2.20. The molecule has 134 valence electrons. The number of phenols is 1. The van der Waals surface area contributed by atoms with E-state index >= 15 is 0 Å². The second-order valence-electron chi connectivity index (χ2n) is 5.38. The van der Waals surface area contributed by atoms with Gasteiger partial charge in [0.05, 0.1) is 16.8 Å². The summed E-state index contributed by atoms with van der Waals surface area (Å²) in [6.07, 6.45) is 2.92. The van der Waals surface area contributed by atoms with Crippen LogP contribution in [-0.4, -0.2) is 27.1 Å². The Balaban J connectivity index is 1.88. The first-order valence-electron chi connectivity index (χ1n) is 7.95. The van der Waals surface area contributed by atoms with Crippen LogP contribution in [0.5, 0.6) is 5.75 Å². The van der Waals surface area contributed by atoms with E-state index in [1.165, 1.54) is 24.4 Å². The number of nitro groups is 1. The van der Waals surface area contributed by atoms with E-state index in [0.29, 0.717) is 17.2 Å². The van der Waals surface area contributed by atoms with E-state index in [-0.39, 0.29) is 17.0 Å². The number of nitrogens with one attached hydrogen (secondary N) is 1. The molecule has 0 aliphatic carbocycles. The van der Waals surface area contributed by atoms with Crippen LogP contribution in [0.4, 0.5) is 11.4 Å². The van der Waals surface area contributed by atoms with Gasteiger partial charge in [0.1, 0.15) is 11.4 Å². The maximum atomic E-state index is 10.9. The molecule has 0 aliphatic rings. The summed E-state index contributed by atoms with van der Waals surface area (Å²) in [5.41, 5.74) is 4.13. The van der Waals surface area contributed by atoms with Gasteiger partial charge in [-0.15, -0.1) is 0 Å². The summed E-state index contributed by atoms with van der Waals surface area (Å²) in [4.78, 5) is 19.1. The van der Waals surface area contributed by atoms with Crippen LogP contribution in [0, 0.1) is 10.1 Å². The Morgan fingerprint density at radius 3 is 2.59 bits per heavy atom. The maximum absolute atomic E-state index is 10.9. The van der Waals surface area contributed by atoms with Gasteiger partial charge < -0.3 is 5.11 Å². The molecule has 0 fully saturated rings. The van der Waals surface area contributed by atoms with E-state index in [4.69, 9.17) is 0 Å². The van der Waals surface area contributed by atoms with Gasteiger partial charge in [-0.25, -0.2) is 4.99 Å². The van der Waals surface area contributed by atoms with Crippen molar-refractivity contribution in [3.8, 4) is 5.75 Å². The normalized spacial score (nSPS) is 11.5. The summed E-state index contributed by atoms with van der Waals surface area (Å²) >= 11 is 0. The standard InChI is InChI=1S/C19H15N5O3/c25-18-10-9-16(24(26)27)12-14(18)13-21-23-19(17-8-4-5-11-20-17)22-15-6-2-1-3-7-15/h1-13,25H,(H,22,23)/b21-13-. The minimum Gasteiger partial charge on any atom is -0.507 e. The SMILES string of the molecule is O=[N+]([O-])c1ccc(O)c(/C=N\NC(=Nc2ccccc2)c2ccccn2)c1. The van der Waals surface area contributed by atoms with Crippen molar-refractivity contribution in [3.05, 3.63) is 94.3 Å². The third kappa shape index (κ3) is 4.73. The van der Waals surface area contributed by atoms with Crippen LogP contribution in [0.3, 0.4) is 0 Å². The van der Waals surface area contributed by atoms with Gasteiger partial charge in [0.2, 0.25) is 0 Å². The largest absolute Gasteiger partial charge is 0.507 e. The molecule has 27 heavy (non-hydrogen) atoms. The number of hydrazone groups is 1. The van der Waals surface area contributed by atoms with Crippen LogP contribution in [0.15, 0.2) is 83.0 Å². The number of nitro benzene ring substituents is 1. The fourth-order valence-electron chi connectivity index (χ4n) is 2.20. The number of aromatic nitrogens is 1. The number of phenolic OH excluding ortho intramolecular Hbond substituents is 1. The fraction of sp³-hybridized carbons (Fsp3) is 0. The van der Waals surface area contributed by atoms with Gasteiger partial charge in [-0.05, 0) is 30.3 Å². The lowest BCUT2D eigenvalue weighted by atomic mass is 10.2. The lowest BCUT2D eigenvalue weighted by molar-refractivity contribution is -0.384. The quantitative estimate of drug-likeness (QED) is 0.313. The Morgan fingerprint density at radius 1 is 1.11 bits per heavy atom. The zero-order valence-electron chi connectivity index (χ0n) is 14.1. The van der Waals surface area contributed by atoms with Crippen molar-refractivity contribution in [2.75, 3.05) is 0 Å². The molecule has 8 heteroatoms. The Bertz CT molecular complexity index is 989. The van der Waals surface area contributed by atoms with Crippen LogP contribution in [0.25, 0.3) is 0 Å². The molecule has 0 saturated carbocycles. The van der Waals surface area contributed by atoms with Gasteiger partial charge in [-0.3, -0.25) is 20.5 Å². The van der Waals surface area contributed by atoms with Crippen molar-refractivity contribution < 1.29 is 10.0 Å². The number of nitrogens with zero attached hydrogens (tertiary/aromatic N) is 4. The number of amidine groups is 1. The van der Waals surface area contributed by atoms with Gasteiger partial charge in [0.15, 0.2) is 5.84 Å². The van der Waals surface area contributed by atoms with E-state index in [1.54, 1.807) is 18.3 Å².